The third-order valence-corrected chi connectivity index (χ3v) is 8.20. The first-order chi connectivity index (χ1) is 22.1. The number of aliphatic hydroxyl groups is 1. The Bertz CT molecular complexity index is 726. The Morgan fingerprint density at radius 3 is 1.44 bits per heavy atom. The van der Waals surface area contributed by atoms with Gasteiger partial charge in [0.2, 0.25) is 0 Å². The molecule has 0 unspecified atom stereocenters. The number of unbranched alkanes of at least 4 members (excludes halogenated alkanes) is 20. The summed E-state index contributed by atoms with van der Waals surface area (Å²) in [7, 11) is 0. The van der Waals surface area contributed by atoms with Crippen molar-refractivity contribution in [3.8, 4) is 0 Å². The Labute approximate surface area is 278 Å². The average Bonchev–Trinajstić information content (AvgIpc) is 3.04. The van der Waals surface area contributed by atoms with Crippen molar-refractivity contribution in [1.82, 2.24) is 0 Å². The van der Waals surface area contributed by atoms with Gasteiger partial charge in [-0.3, -0.25) is 9.59 Å². The van der Waals surface area contributed by atoms with Crippen LogP contribution in [-0.4, -0.2) is 36.4 Å². The Hall–Kier alpha value is -1.88. The quantitative estimate of drug-likeness (QED) is 0.0434. The first kappa shape index (κ1) is 43.1. The summed E-state index contributed by atoms with van der Waals surface area (Å²) in [6, 6.07) is 0. The van der Waals surface area contributed by atoms with Gasteiger partial charge in [0.1, 0.15) is 6.61 Å². The lowest BCUT2D eigenvalue weighted by Crippen LogP contribution is -2.28. The van der Waals surface area contributed by atoms with Crippen molar-refractivity contribution in [2.24, 2.45) is 0 Å². The molecule has 5 nitrogen and oxygen atoms in total. The molecule has 0 saturated heterocycles. The zero-order valence-corrected chi connectivity index (χ0v) is 29.6. The van der Waals surface area contributed by atoms with Crippen LogP contribution in [0.3, 0.4) is 0 Å². The van der Waals surface area contributed by atoms with E-state index >= 15 is 0 Å². The van der Waals surface area contributed by atoms with E-state index in [1.807, 2.05) is 0 Å². The highest BCUT2D eigenvalue weighted by Gasteiger charge is 2.16. The maximum Gasteiger partial charge on any atom is 0.306 e. The standard InChI is InChI=1S/C40H72O5/c1-3-5-7-9-11-13-15-17-19-21-23-25-27-29-31-33-35-40(43)45-38(36-41)37-44-39(42)34-32-30-28-26-24-22-20-18-16-14-12-10-8-6-4-2/h6,8,12,14,18,20,38,41H,3-5,7,9-11,13,15-17,19,21-37H2,1-2H3/b8-6+,14-12+,20-18+/t38-/m0/s1. The molecule has 0 fully saturated rings. The van der Waals surface area contributed by atoms with E-state index in [0.29, 0.717) is 12.8 Å². The van der Waals surface area contributed by atoms with Gasteiger partial charge in [-0.15, -0.1) is 0 Å². The largest absolute Gasteiger partial charge is 0.462 e. The second-order valence-corrected chi connectivity index (χ2v) is 12.6. The normalized spacial score (nSPS) is 12.5. The highest BCUT2D eigenvalue weighted by atomic mass is 16.6. The molecule has 262 valence electrons. The number of aliphatic hydroxyl groups excluding tert-OH is 1. The fourth-order valence-corrected chi connectivity index (χ4v) is 5.33. The molecule has 0 aliphatic rings. The average molecular weight is 633 g/mol. The smallest absolute Gasteiger partial charge is 0.306 e. The highest BCUT2D eigenvalue weighted by Crippen LogP contribution is 2.14. The molecule has 0 radical (unpaired) electrons. The topological polar surface area (TPSA) is 72.8 Å². The molecule has 0 heterocycles. The summed E-state index contributed by atoms with van der Waals surface area (Å²) in [5, 5.41) is 9.54. The Morgan fingerprint density at radius 1 is 0.533 bits per heavy atom. The summed E-state index contributed by atoms with van der Waals surface area (Å²) < 4.78 is 10.6. The van der Waals surface area contributed by atoms with Gasteiger partial charge in [0.25, 0.3) is 0 Å². The zero-order valence-electron chi connectivity index (χ0n) is 29.6. The van der Waals surface area contributed by atoms with Gasteiger partial charge in [0.15, 0.2) is 6.10 Å². The predicted molar refractivity (Wildman–Crippen MR) is 191 cm³/mol. The minimum Gasteiger partial charge on any atom is -0.462 e. The summed E-state index contributed by atoms with van der Waals surface area (Å²) in [4.78, 5) is 24.2. The minimum absolute atomic E-state index is 0.0724. The van der Waals surface area contributed by atoms with Crippen LogP contribution in [0.15, 0.2) is 36.5 Å². The Balaban J connectivity index is 3.57. The molecule has 0 amide bonds. The molecule has 1 atom stereocenters. The van der Waals surface area contributed by atoms with Crippen LogP contribution in [-0.2, 0) is 19.1 Å². The molecule has 1 N–H and O–H groups in total. The van der Waals surface area contributed by atoms with Gasteiger partial charge in [-0.1, -0.05) is 166 Å². The van der Waals surface area contributed by atoms with Crippen molar-refractivity contribution in [3.63, 3.8) is 0 Å². The van der Waals surface area contributed by atoms with Crippen LogP contribution >= 0.6 is 0 Å². The second-order valence-electron chi connectivity index (χ2n) is 12.6. The molecule has 0 aliphatic heterocycles. The van der Waals surface area contributed by atoms with Crippen LogP contribution in [0.5, 0.6) is 0 Å². The van der Waals surface area contributed by atoms with E-state index in [4.69, 9.17) is 9.47 Å². The number of allylic oxidation sites excluding steroid dienone is 6. The monoisotopic (exact) mass is 633 g/mol. The summed E-state index contributed by atoms with van der Waals surface area (Å²) in [5.74, 6) is -0.606. The molecule has 0 aliphatic carbocycles. The third-order valence-electron chi connectivity index (χ3n) is 8.20. The minimum atomic E-state index is -0.774. The lowest BCUT2D eigenvalue weighted by molar-refractivity contribution is -0.161. The van der Waals surface area contributed by atoms with Crippen LogP contribution in [0.2, 0.25) is 0 Å². The van der Waals surface area contributed by atoms with Crippen molar-refractivity contribution in [1.29, 1.82) is 0 Å². The molecular formula is C40H72O5. The fourth-order valence-electron chi connectivity index (χ4n) is 5.33. The zero-order chi connectivity index (χ0) is 32.9. The van der Waals surface area contributed by atoms with Crippen molar-refractivity contribution >= 4 is 11.9 Å². The van der Waals surface area contributed by atoms with Gasteiger partial charge in [-0.2, -0.15) is 0 Å². The molecule has 0 aromatic carbocycles. The van der Waals surface area contributed by atoms with Crippen LogP contribution in [0.25, 0.3) is 0 Å². The Morgan fingerprint density at radius 2 is 0.956 bits per heavy atom. The molecule has 0 aromatic heterocycles. The predicted octanol–water partition coefficient (Wildman–Crippen LogP) is 11.7. The van der Waals surface area contributed by atoms with Crippen LogP contribution in [0, 0.1) is 0 Å². The molecule has 5 heteroatoms. The van der Waals surface area contributed by atoms with Gasteiger partial charge in [0, 0.05) is 12.8 Å². The molecular weight excluding hydrogens is 560 g/mol. The molecule has 0 saturated carbocycles. The number of carbonyl (C=O) groups excluding carboxylic acids is 2. The van der Waals surface area contributed by atoms with Gasteiger partial charge in [-0.05, 0) is 44.9 Å². The molecule has 0 aromatic rings. The van der Waals surface area contributed by atoms with Crippen LogP contribution in [0.4, 0.5) is 0 Å². The van der Waals surface area contributed by atoms with Crippen LogP contribution in [0.1, 0.15) is 187 Å². The third kappa shape index (κ3) is 34.8. The lowest BCUT2D eigenvalue weighted by atomic mass is 10.0. The molecule has 0 bridgehead atoms. The van der Waals surface area contributed by atoms with Crippen molar-refractivity contribution in [3.05, 3.63) is 36.5 Å². The van der Waals surface area contributed by atoms with E-state index in [-0.39, 0.29) is 25.2 Å². The number of ether oxygens (including phenoxy) is 2. The molecule has 45 heavy (non-hydrogen) atoms. The highest BCUT2D eigenvalue weighted by molar-refractivity contribution is 5.70. The first-order valence-electron chi connectivity index (χ1n) is 19.0. The molecule has 0 spiro atoms. The van der Waals surface area contributed by atoms with Crippen molar-refractivity contribution in [2.75, 3.05) is 13.2 Å². The summed E-state index contributed by atoms with van der Waals surface area (Å²) in [5.41, 5.74) is 0. The summed E-state index contributed by atoms with van der Waals surface area (Å²) >= 11 is 0. The lowest BCUT2D eigenvalue weighted by Gasteiger charge is -2.15. The van der Waals surface area contributed by atoms with Crippen LogP contribution < -0.4 is 0 Å². The van der Waals surface area contributed by atoms with Gasteiger partial charge >= 0.3 is 11.9 Å². The number of esters is 2. The number of carbonyl (C=O) groups is 2. The number of hydrogen-bond donors (Lipinski definition) is 1. The SMILES string of the molecule is CC/C=C/C/C=C/C/C=C/CCCCCCCC(=O)OC[C@H](CO)OC(=O)CCCCCCCCCCCCCCCCCC. The first-order valence-corrected chi connectivity index (χ1v) is 19.0. The van der Waals surface area contributed by atoms with Crippen molar-refractivity contribution in [2.45, 2.75) is 193 Å². The fraction of sp³-hybridized carbons (Fsp3) is 0.800. The van der Waals surface area contributed by atoms with Crippen molar-refractivity contribution < 1.29 is 24.2 Å². The van der Waals surface area contributed by atoms with Gasteiger partial charge < -0.3 is 14.6 Å². The van der Waals surface area contributed by atoms with E-state index in [9.17, 15) is 14.7 Å². The van der Waals surface area contributed by atoms with Gasteiger partial charge in [0.05, 0.1) is 6.61 Å². The maximum atomic E-state index is 12.2. The molecule has 0 rings (SSSR count). The van der Waals surface area contributed by atoms with E-state index in [1.54, 1.807) is 0 Å². The number of rotatable bonds is 34. The van der Waals surface area contributed by atoms with E-state index in [0.717, 1.165) is 64.2 Å². The number of hydrogen-bond acceptors (Lipinski definition) is 5. The van der Waals surface area contributed by atoms with E-state index < -0.39 is 6.10 Å². The summed E-state index contributed by atoms with van der Waals surface area (Å²) in [6.45, 7) is 4.01. The van der Waals surface area contributed by atoms with E-state index in [2.05, 4.69) is 50.3 Å². The maximum absolute atomic E-state index is 12.2. The second kappa shape index (κ2) is 36.6. The Kier molecular flexibility index (Phi) is 35.1. The van der Waals surface area contributed by atoms with Gasteiger partial charge in [-0.25, -0.2) is 0 Å². The van der Waals surface area contributed by atoms with E-state index in [1.165, 1.54) is 96.3 Å². The summed E-state index contributed by atoms with van der Waals surface area (Å²) in [6.07, 6.45) is 43.4.